The fourth-order valence-electron chi connectivity index (χ4n) is 3.24. The van der Waals surface area contributed by atoms with Crippen LogP contribution in [0, 0.1) is 0 Å². The standard InChI is InChI=1S/C21H28N4O3/c1-26-12-10-24(11-13-27-2)15-18-21(17-6-4-5-7-19(17)28-3)23-20-9-8-16(22)14-25(18)20/h4-9,14H,10-13,15,22H2,1-3H3. The van der Waals surface area contributed by atoms with E-state index < -0.39 is 0 Å². The van der Waals surface area contributed by atoms with E-state index in [0.717, 1.165) is 41.4 Å². The van der Waals surface area contributed by atoms with Crippen LogP contribution in [-0.2, 0) is 16.0 Å². The summed E-state index contributed by atoms with van der Waals surface area (Å²) in [5, 5.41) is 0. The molecule has 1 aromatic carbocycles. The summed E-state index contributed by atoms with van der Waals surface area (Å²) in [4.78, 5) is 7.17. The number of benzene rings is 1. The Morgan fingerprint density at radius 2 is 1.71 bits per heavy atom. The molecule has 0 amide bonds. The molecule has 150 valence electrons. The van der Waals surface area contributed by atoms with Crippen molar-refractivity contribution in [2.75, 3.05) is 53.4 Å². The molecule has 0 saturated heterocycles. The number of aromatic nitrogens is 2. The van der Waals surface area contributed by atoms with Gasteiger partial charge in [-0.05, 0) is 24.3 Å². The van der Waals surface area contributed by atoms with Gasteiger partial charge in [-0.2, -0.15) is 0 Å². The largest absolute Gasteiger partial charge is 0.496 e. The molecule has 0 saturated carbocycles. The molecule has 7 nitrogen and oxygen atoms in total. The van der Waals surface area contributed by atoms with E-state index in [-0.39, 0.29) is 0 Å². The highest BCUT2D eigenvalue weighted by atomic mass is 16.5. The number of hydrogen-bond acceptors (Lipinski definition) is 6. The lowest BCUT2D eigenvalue weighted by molar-refractivity contribution is 0.109. The van der Waals surface area contributed by atoms with Crippen molar-refractivity contribution >= 4 is 11.3 Å². The molecule has 3 rings (SSSR count). The Bertz CT molecular complexity index is 902. The summed E-state index contributed by atoms with van der Waals surface area (Å²) >= 11 is 0. The van der Waals surface area contributed by atoms with Gasteiger partial charge in [-0.1, -0.05) is 12.1 Å². The Labute approximate surface area is 165 Å². The molecule has 2 aromatic heterocycles. The Morgan fingerprint density at radius 1 is 1.00 bits per heavy atom. The first-order valence-electron chi connectivity index (χ1n) is 9.28. The van der Waals surface area contributed by atoms with Crippen molar-refractivity contribution in [1.29, 1.82) is 0 Å². The fraction of sp³-hybridized carbons (Fsp3) is 0.381. The minimum absolute atomic E-state index is 0.645. The summed E-state index contributed by atoms with van der Waals surface area (Å²) in [5.74, 6) is 0.792. The molecule has 0 fully saturated rings. The van der Waals surface area contributed by atoms with Crippen molar-refractivity contribution in [1.82, 2.24) is 14.3 Å². The predicted octanol–water partition coefficient (Wildman–Crippen LogP) is 2.69. The van der Waals surface area contributed by atoms with Crippen LogP contribution >= 0.6 is 0 Å². The number of rotatable bonds is 10. The van der Waals surface area contributed by atoms with Crippen molar-refractivity contribution in [2.45, 2.75) is 6.54 Å². The van der Waals surface area contributed by atoms with E-state index in [0.29, 0.717) is 25.4 Å². The number of anilines is 1. The quantitative estimate of drug-likeness (QED) is 0.579. The summed E-state index contributed by atoms with van der Waals surface area (Å²) in [5.41, 5.74) is 10.5. The highest BCUT2D eigenvalue weighted by Gasteiger charge is 2.19. The number of methoxy groups -OCH3 is 3. The predicted molar refractivity (Wildman–Crippen MR) is 111 cm³/mol. The molecule has 0 aliphatic carbocycles. The molecule has 0 radical (unpaired) electrons. The fourth-order valence-corrected chi connectivity index (χ4v) is 3.24. The summed E-state index contributed by atoms with van der Waals surface area (Å²) < 4.78 is 18.2. The summed E-state index contributed by atoms with van der Waals surface area (Å²) in [6.45, 7) is 3.56. The van der Waals surface area contributed by atoms with Crippen LogP contribution in [0.25, 0.3) is 16.9 Å². The molecule has 28 heavy (non-hydrogen) atoms. The normalized spacial score (nSPS) is 11.4. The number of hydrogen-bond donors (Lipinski definition) is 1. The second kappa shape index (κ2) is 9.54. The van der Waals surface area contributed by atoms with E-state index in [9.17, 15) is 0 Å². The number of ether oxygens (including phenoxy) is 3. The van der Waals surface area contributed by atoms with E-state index in [2.05, 4.69) is 9.30 Å². The summed E-state index contributed by atoms with van der Waals surface area (Å²) in [7, 11) is 5.10. The second-order valence-electron chi connectivity index (χ2n) is 6.56. The van der Waals surface area contributed by atoms with Gasteiger partial charge in [0.05, 0.1) is 31.7 Å². The molecule has 2 N–H and O–H groups in total. The van der Waals surface area contributed by atoms with Gasteiger partial charge < -0.3 is 24.3 Å². The highest BCUT2D eigenvalue weighted by molar-refractivity contribution is 5.72. The maximum absolute atomic E-state index is 6.06. The van der Waals surface area contributed by atoms with Gasteiger partial charge in [0.15, 0.2) is 0 Å². The van der Waals surface area contributed by atoms with Crippen LogP contribution < -0.4 is 10.5 Å². The van der Waals surface area contributed by atoms with Crippen LogP contribution in [0.3, 0.4) is 0 Å². The third kappa shape index (κ3) is 4.44. The smallest absolute Gasteiger partial charge is 0.137 e. The summed E-state index contributed by atoms with van der Waals surface area (Å²) in [6.07, 6.45) is 1.92. The molecule has 7 heteroatoms. The maximum Gasteiger partial charge on any atom is 0.137 e. The van der Waals surface area contributed by atoms with Gasteiger partial charge >= 0.3 is 0 Å². The van der Waals surface area contributed by atoms with E-state index in [1.54, 1.807) is 21.3 Å². The van der Waals surface area contributed by atoms with Crippen LogP contribution in [0.4, 0.5) is 5.69 Å². The molecular weight excluding hydrogens is 356 g/mol. The number of imidazole rings is 1. The molecule has 0 aliphatic rings. The van der Waals surface area contributed by atoms with Crippen molar-refractivity contribution in [3.05, 3.63) is 48.3 Å². The average molecular weight is 384 g/mol. The zero-order chi connectivity index (χ0) is 19.9. The third-order valence-electron chi connectivity index (χ3n) is 4.70. The Balaban J connectivity index is 2.08. The van der Waals surface area contributed by atoms with E-state index >= 15 is 0 Å². The summed E-state index contributed by atoms with van der Waals surface area (Å²) in [6, 6.07) is 11.7. The Morgan fingerprint density at radius 3 is 2.39 bits per heavy atom. The molecule has 0 aliphatic heterocycles. The van der Waals surface area contributed by atoms with Gasteiger partial charge in [-0.15, -0.1) is 0 Å². The number of nitrogen functional groups attached to an aromatic ring is 1. The van der Waals surface area contributed by atoms with Crippen LogP contribution in [0.5, 0.6) is 5.75 Å². The first kappa shape index (κ1) is 20.1. The monoisotopic (exact) mass is 384 g/mol. The first-order valence-corrected chi connectivity index (χ1v) is 9.28. The van der Waals surface area contributed by atoms with Gasteiger partial charge in [0, 0.05) is 51.3 Å². The second-order valence-corrected chi connectivity index (χ2v) is 6.56. The lowest BCUT2D eigenvalue weighted by atomic mass is 10.1. The third-order valence-corrected chi connectivity index (χ3v) is 4.70. The Hall–Kier alpha value is -2.61. The van der Waals surface area contributed by atoms with Crippen molar-refractivity contribution in [3.63, 3.8) is 0 Å². The topological polar surface area (TPSA) is 74.2 Å². The minimum atomic E-state index is 0.645. The average Bonchev–Trinajstić information content (AvgIpc) is 3.07. The lowest BCUT2D eigenvalue weighted by Gasteiger charge is -2.22. The lowest BCUT2D eigenvalue weighted by Crippen LogP contribution is -2.31. The van der Waals surface area contributed by atoms with Gasteiger partial charge in [-0.25, -0.2) is 4.98 Å². The van der Waals surface area contributed by atoms with Crippen molar-refractivity contribution < 1.29 is 14.2 Å². The molecule has 0 unspecified atom stereocenters. The van der Waals surface area contributed by atoms with Crippen LogP contribution in [0.1, 0.15) is 5.69 Å². The maximum atomic E-state index is 6.06. The Kier molecular flexibility index (Phi) is 6.86. The number of pyridine rings is 1. The van der Waals surface area contributed by atoms with E-state index in [4.69, 9.17) is 24.9 Å². The van der Waals surface area contributed by atoms with Crippen LogP contribution in [-0.4, -0.2) is 61.9 Å². The van der Waals surface area contributed by atoms with Gasteiger partial charge in [-0.3, -0.25) is 4.90 Å². The molecule has 0 atom stereocenters. The SMILES string of the molecule is COCCN(CCOC)Cc1c(-c2ccccc2OC)nc2ccc(N)cn12. The molecular formula is C21H28N4O3. The van der Waals surface area contributed by atoms with Crippen LogP contribution in [0.15, 0.2) is 42.6 Å². The van der Waals surface area contributed by atoms with Crippen molar-refractivity contribution in [2.24, 2.45) is 0 Å². The molecule has 0 bridgehead atoms. The minimum Gasteiger partial charge on any atom is -0.496 e. The van der Waals surface area contributed by atoms with E-state index in [1.807, 2.05) is 42.6 Å². The number of nitrogens with zero attached hydrogens (tertiary/aromatic N) is 3. The number of para-hydroxylation sites is 1. The van der Waals surface area contributed by atoms with Gasteiger partial charge in [0.1, 0.15) is 11.4 Å². The molecule has 3 aromatic rings. The van der Waals surface area contributed by atoms with Gasteiger partial charge in [0.25, 0.3) is 0 Å². The molecule has 2 heterocycles. The number of fused-ring (bicyclic) bond motifs is 1. The zero-order valence-corrected chi connectivity index (χ0v) is 16.7. The van der Waals surface area contributed by atoms with Gasteiger partial charge in [0.2, 0.25) is 0 Å². The van der Waals surface area contributed by atoms with Crippen molar-refractivity contribution in [3.8, 4) is 17.0 Å². The first-order chi connectivity index (χ1) is 13.7. The zero-order valence-electron chi connectivity index (χ0n) is 16.7. The highest BCUT2D eigenvalue weighted by Crippen LogP contribution is 2.33. The molecule has 0 spiro atoms. The van der Waals surface area contributed by atoms with E-state index in [1.165, 1.54) is 0 Å². The number of nitrogens with two attached hydrogens (primary N) is 1. The van der Waals surface area contributed by atoms with Crippen LogP contribution in [0.2, 0.25) is 0 Å².